The van der Waals surface area contributed by atoms with E-state index in [2.05, 4.69) is 19.2 Å². The molecule has 0 amide bonds. The van der Waals surface area contributed by atoms with Gasteiger partial charge in [-0.25, -0.2) is 8.78 Å². The van der Waals surface area contributed by atoms with Gasteiger partial charge in [-0.1, -0.05) is 13.8 Å². The summed E-state index contributed by atoms with van der Waals surface area (Å²) in [5.41, 5.74) is 0.514. The maximum Gasteiger partial charge on any atom is 0.126 e. The Morgan fingerprint density at radius 1 is 1.25 bits per heavy atom. The second-order valence-electron chi connectivity index (χ2n) is 6.41. The Morgan fingerprint density at radius 3 is 2.65 bits per heavy atom. The average molecular weight is 281 g/mol. The van der Waals surface area contributed by atoms with Gasteiger partial charge < -0.3 is 5.32 Å². The van der Waals surface area contributed by atoms with Crippen molar-refractivity contribution in [3.8, 4) is 0 Å². The third-order valence-corrected chi connectivity index (χ3v) is 4.83. The molecule has 0 spiro atoms. The molecule has 1 saturated carbocycles. The molecule has 0 bridgehead atoms. The minimum atomic E-state index is -0.348. The van der Waals surface area contributed by atoms with E-state index in [0.29, 0.717) is 35.8 Å². The van der Waals surface area contributed by atoms with Crippen molar-refractivity contribution >= 4 is 0 Å². The monoisotopic (exact) mass is 281 g/mol. The summed E-state index contributed by atoms with van der Waals surface area (Å²) in [6, 6.07) is 4.18. The molecule has 1 aromatic rings. The van der Waals surface area contributed by atoms with E-state index in [-0.39, 0.29) is 11.6 Å². The zero-order valence-electron chi connectivity index (χ0n) is 12.6. The summed E-state index contributed by atoms with van der Waals surface area (Å²) in [4.78, 5) is 0. The van der Waals surface area contributed by atoms with Crippen LogP contribution in [-0.2, 0) is 6.42 Å². The van der Waals surface area contributed by atoms with Gasteiger partial charge in [-0.05, 0) is 74.2 Å². The Labute approximate surface area is 120 Å². The summed E-state index contributed by atoms with van der Waals surface area (Å²) in [6.07, 6.45) is 4.07. The minimum absolute atomic E-state index is 0.284. The van der Waals surface area contributed by atoms with E-state index in [9.17, 15) is 8.78 Å². The smallest absolute Gasteiger partial charge is 0.126 e. The molecule has 20 heavy (non-hydrogen) atoms. The van der Waals surface area contributed by atoms with Crippen LogP contribution in [0.4, 0.5) is 8.78 Å². The van der Waals surface area contributed by atoms with Crippen LogP contribution in [0.15, 0.2) is 18.2 Å². The summed E-state index contributed by atoms with van der Waals surface area (Å²) in [5, 5.41) is 3.35. The summed E-state index contributed by atoms with van der Waals surface area (Å²) in [6.45, 7) is 4.51. The highest BCUT2D eigenvalue weighted by molar-refractivity contribution is 5.19. The van der Waals surface area contributed by atoms with Crippen LogP contribution in [-0.4, -0.2) is 13.1 Å². The lowest BCUT2D eigenvalue weighted by molar-refractivity contribution is 0.172. The van der Waals surface area contributed by atoms with Gasteiger partial charge in [0, 0.05) is 6.04 Å². The summed E-state index contributed by atoms with van der Waals surface area (Å²) in [7, 11) is 1.97. The molecule has 0 aromatic heterocycles. The first-order valence-corrected chi connectivity index (χ1v) is 7.62. The lowest BCUT2D eigenvalue weighted by atomic mass is 9.71. The fourth-order valence-corrected chi connectivity index (χ4v) is 3.49. The minimum Gasteiger partial charge on any atom is -0.317 e. The first-order valence-electron chi connectivity index (χ1n) is 7.62. The van der Waals surface area contributed by atoms with Crippen molar-refractivity contribution in [3.05, 3.63) is 35.4 Å². The molecule has 2 rings (SSSR count). The highest BCUT2D eigenvalue weighted by Crippen LogP contribution is 2.36. The van der Waals surface area contributed by atoms with Crippen LogP contribution in [0, 0.1) is 29.4 Å². The van der Waals surface area contributed by atoms with Crippen molar-refractivity contribution < 1.29 is 8.78 Å². The van der Waals surface area contributed by atoms with Crippen LogP contribution < -0.4 is 5.32 Å². The maximum absolute atomic E-state index is 13.8. The van der Waals surface area contributed by atoms with E-state index >= 15 is 0 Å². The largest absolute Gasteiger partial charge is 0.317 e. The molecule has 0 saturated heterocycles. The number of benzene rings is 1. The Hall–Kier alpha value is -0.960. The maximum atomic E-state index is 13.8. The van der Waals surface area contributed by atoms with Gasteiger partial charge in [-0.15, -0.1) is 0 Å². The lowest BCUT2D eigenvalue weighted by Crippen LogP contribution is -2.40. The fourth-order valence-electron chi connectivity index (χ4n) is 3.49. The van der Waals surface area contributed by atoms with E-state index in [1.807, 2.05) is 7.05 Å². The highest BCUT2D eigenvalue weighted by Gasteiger charge is 2.31. The van der Waals surface area contributed by atoms with Crippen molar-refractivity contribution in [2.45, 2.75) is 45.6 Å². The van der Waals surface area contributed by atoms with Crippen molar-refractivity contribution in [1.82, 2.24) is 5.32 Å². The molecule has 1 nitrogen and oxygen atoms in total. The normalized spacial score (nSPS) is 27.0. The van der Waals surface area contributed by atoms with E-state index in [4.69, 9.17) is 0 Å². The van der Waals surface area contributed by atoms with Gasteiger partial charge in [-0.3, -0.25) is 0 Å². The molecule has 3 unspecified atom stereocenters. The average Bonchev–Trinajstić information content (AvgIpc) is 2.42. The lowest BCUT2D eigenvalue weighted by Gasteiger charge is -2.38. The van der Waals surface area contributed by atoms with Crippen LogP contribution in [0.25, 0.3) is 0 Å². The number of halogens is 2. The SMILES string of the molecule is CNC1CCC(C(C)C)CC1Cc1cc(F)ccc1F. The Morgan fingerprint density at radius 2 is 2.00 bits per heavy atom. The highest BCUT2D eigenvalue weighted by atomic mass is 19.1. The van der Waals surface area contributed by atoms with Crippen LogP contribution in [0.1, 0.15) is 38.7 Å². The third kappa shape index (κ3) is 3.57. The van der Waals surface area contributed by atoms with Crippen molar-refractivity contribution in [2.24, 2.45) is 17.8 Å². The Bertz CT molecular complexity index is 445. The Kier molecular flexibility index (Phi) is 5.14. The molecule has 1 fully saturated rings. The second-order valence-corrected chi connectivity index (χ2v) is 6.41. The molecule has 1 aliphatic carbocycles. The molecular weight excluding hydrogens is 256 g/mol. The molecule has 0 aliphatic heterocycles. The predicted octanol–water partition coefficient (Wildman–Crippen LogP) is 4.17. The van der Waals surface area contributed by atoms with E-state index in [1.54, 1.807) is 0 Å². The Balaban J connectivity index is 2.13. The van der Waals surface area contributed by atoms with Gasteiger partial charge >= 0.3 is 0 Å². The topological polar surface area (TPSA) is 12.0 Å². The molecule has 1 aliphatic rings. The van der Waals surface area contributed by atoms with E-state index in [1.165, 1.54) is 24.6 Å². The van der Waals surface area contributed by atoms with Crippen LogP contribution in [0.5, 0.6) is 0 Å². The first kappa shape index (κ1) is 15.4. The van der Waals surface area contributed by atoms with Crippen molar-refractivity contribution in [3.63, 3.8) is 0 Å². The van der Waals surface area contributed by atoms with Gasteiger partial charge in [0.05, 0.1) is 0 Å². The molecule has 3 atom stereocenters. The van der Waals surface area contributed by atoms with Crippen LogP contribution in [0.2, 0.25) is 0 Å². The van der Waals surface area contributed by atoms with Crippen LogP contribution >= 0.6 is 0 Å². The van der Waals surface area contributed by atoms with E-state index < -0.39 is 0 Å². The standard InChI is InChI=1S/C17H25F2N/c1-11(2)12-4-7-17(20-3)14(8-12)9-13-10-15(18)5-6-16(13)19/h5-6,10-12,14,17,20H,4,7-9H2,1-3H3. The summed E-state index contributed by atoms with van der Waals surface area (Å²) in [5.74, 6) is 1.11. The number of nitrogens with one attached hydrogen (secondary N) is 1. The van der Waals surface area contributed by atoms with Gasteiger partial charge in [0.1, 0.15) is 11.6 Å². The van der Waals surface area contributed by atoms with Crippen molar-refractivity contribution in [1.29, 1.82) is 0 Å². The number of hydrogen-bond donors (Lipinski definition) is 1. The predicted molar refractivity (Wildman–Crippen MR) is 78.6 cm³/mol. The van der Waals surface area contributed by atoms with Gasteiger partial charge in [-0.2, -0.15) is 0 Å². The van der Waals surface area contributed by atoms with Gasteiger partial charge in [0.2, 0.25) is 0 Å². The summed E-state index contributed by atoms with van der Waals surface area (Å²) < 4.78 is 27.1. The fraction of sp³-hybridized carbons (Fsp3) is 0.647. The molecule has 1 N–H and O–H groups in total. The van der Waals surface area contributed by atoms with Crippen molar-refractivity contribution in [2.75, 3.05) is 7.05 Å². The van der Waals surface area contributed by atoms with Gasteiger partial charge in [0.25, 0.3) is 0 Å². The molecule has 0 heterocycles. The van der Waals surface area contributed by atoms with Crippen LogP contribution in [0.3, 0.4) is 0 Å². The molecule has 1 aromatic carbocycles. The van der Waals surface area contributed by atoms with Gasteiger partial charge in [0.15, 0.2) is 0 Å². The zero-order valence-corrected chi connectivity index (χ0v) is 12.6. The number of rotatable bonds is 4. The van der Waals surface area contributed by atoms with E-state index in [0.717, 1.165) is 12.8 Å². The third-order valence-electron chi connectivity index (χ3n) is 4.83. The first-order chi connectivity index (χ1) is 9.51. The zero-order chi connectivity index (χ0) is 14.7. The molecule has 0 radical (unpaired) electrons. The molecular formula is C17H25F2N. The number of hydrogen-bond acceptors (Lipinski definition) is 1. The molecule has 3 heteroatoms. The summed E-state index contributed by atoms with van der Waals surface area (Å²) >= 11 is 0. The molecule has 112 valence electrons. The second kappa shape index (κ2) is 6.66. The quantitative estimate of drug-likeness (QED) is 0.873.